The molecule has 2 heterocycles. The van der Waals surface area contributed by atoms with E-state index in [1.54, 1.807) is 11.3 Å². The molecule has 5 heteroatoms. The summed E-state index contributed by atoms with van der Waals surface area (Å²) < 4.78 is 1.24. The van der Waals surface area contributed by atoms with E-state index in [4.69, 9.17) is 4.98 Å². The minimum Gasteiger partial charge on any atom is -0.340 e. The lowest BCUT2D eigenvalue weighted by Gasteiger charge is -2.35. The highest BCUT2D eigenvalue weighted by Crippen LogP contribution is 2.29. The highest BCUT2D eigenvalue weighted by molar-refractivity contribution is 7.18. The van der Waals surface area contributed by atoms with Gasteiger partial charge in [-0.2, -0.15) is 0 Å². The smallest absolute Gasteiger partial charge is 0.223 e. The van der Waals surface area contributed by atoms with Crippen molar-refractivity contribution in [2.24, 2.45) is 0 Å². The number of para-hydroxylation sites is 1. The molecule has 5 rings (SSSR count). The summed E-state index contributed by atoms with van der Waals surface area (Å²) in [5, 5.41) is 1.15. The molecule has 0 bridgehead atoms. The van der Waals surface area contributed by atoms with Crippen molar-refractivity contribution >= 4 is 27.5 Å². The molecule has 4 nitrogen and oxygen atoms in total. The number of piperazine rings is 1. The number of nitrogens with zero attached hydrogens (tertiary/aromatic N) is 3. The van der Waals surface area contributed by atoms with Gasteiger partial charge in [-0.3, -0.25) is 9.69 Å². The van der Waals surface area contributed by atoms with Crippen LogP contribution < -0.4 is 0 Å². The number of rotatable bonds is 6. The molecule has 0 spiro atoms. The maximum absolute atomic E-state index is 13.2. The number of aromatic nitrogens is 1. The van der Waals surface area contributed by atoms with Crippen LogP contribution in [0.5, 0.6) is 0 Å². The normalized spacial score (nSPS) is 14.8. The molecule has 1 saturated heterocycles. The molecule has 162 valence electrons. The van der Waals surface area contributed by atoms with Crippen LogP contribution in [0.4, 0.5) is 0 Å². The lowest BCUT2D eigenvalue weighted by atomic mass is 9.88. The van der Waals surface area contributed by atoms with Crippen LogP contribution in [0.15, 0.2) is 84.9 Å². The Kier molecular flexibility index (Phi) is 6.28. The number of hydrogen-bond acceptors (Lipinski definition) is 4. The fraction of sp³-hybridized carbons (Fsp3) is 0.259. The SMILES string of the molecule is O=C(CC(c1ccccc1)c1ccccc1)N1CCN(Cc2nc3ccccc3s2)CC1. The number of carbonyl (C=O) groups excluding carboxylic acids is 1. The first-order valence-corrected chi connectivity index (χ1v) is 12.0. The molecule has 0 N–H and O–H groups in total. The first kappa shape index (κ1) is 20.9. The molecular weight excluding hydrogens is 414 g/mol. The van der Waals surface area contributed by atoms with E-state index in [0.29, 0.717) is 6.42 Å². The Labute approximate surface area is 193 Å². The van der Waals surface area contributed by atoms with Crippen molar-refractivity contribution in [3.05, 3.63) is 101 Å². The molecular formula is C27H27N3OS. The second-order valence-electron chi connectivity index (χ2n) is 8.31. The van der Waals surface area contributed by atoms with Crippen LogP contribution in [0.2, 0.25) is 0 Å². The monoisotopic (exact) mass is 441 g/mol. The van der Waals surface area contributed by atoms with E-state index >= 15 is 0 Å². The minimum atomic E-state index is 0.0886. The number of fused-ring (bicyclic) bond motifs is 1. The second kappa shape index (κ2) is 9.63. The molecule has 0 unspecified atom stereocenters. The van der Waals surface area contributed by atoms with Crippen molar-refractivity contribution in [3.63, 3.8) is 0 Å². The molecule has 0 saturated carbocycles. The van der Waals surface area contributed by atoms with E-state index in [2.05, 4.69) is 71.6 Å². The van der Waals surface area contributed by atoms with Gasteiger partial charge in [-0.15, -0.1) is 11.3 Å². The second-order valence-corrected chi connectivity index (χ2v) is 9.43. The molecule has 1 aliphatic heterocycles. The van der Waals surface area contributed by atoms with Crippen LogP contribution in [0.1, 0.15) is 28.5 Å². The zero-order valence-corrected chi connectivity index (χ0v) is 18.9. The molecule has 0 radical (unpaired) electrons. The van der Waals surface area contributed by atoms with Crippen molar-refractivity contribution in [1.29, 1.82) is 0 Å². The van der Waals surface area contributed by atoms with Gasteiger partial charge in [-0.1, -0.05) is 72.8 Å². The van der Waals surface area contributed by atoms with Crippen LogP contribution >= 0.6 is 11.3 Å². The molecule has 32 heavy (non-hydrogen) atoms. The van der Waals surface area contributed by atoms with Crippen molar-refractivity contribution in [2.45, 2.75) is 18.9 Å². The van der Waals surface area contributed by atoms with E-state index in [9.17, 15) is 4.79 Å². The summed E-state index contributed by atoms with van der Waals surface area (Å²) in [5.74, 6) is 0.327. The summed E-state index contributed by atoms with van der Waals surface area (Å²) in [6.07, 6.45) is 0.506. The Morgan fingerprint density at radius 3 is 2.03 bits per heavy atom. The Hall–Kier alpha value is -3.02. The van der Waals surface area contributed by atoms with Gasteiger partial charge in [0.1, 0.15) is 5.01 Å². The third-order valence-corrected chi connectivity index (χ3v) is 7.23. The van der Waals surface area contributed by atoms with Gasteiger partial charge in [0.05, 0.1) is 16.8 Å². The maximum Gasteiger partial charge on any atom is 0.223 e. The standard InChI is InChI=1S/C27H27N3OS/c31-27(19-23(21-9-3-1-4-10-21)22-11-5-2-6-12-22)30-17-15-29(16-18-30)20-26-28-24-13-7-8-14-25(24)32-26/h1-14,23H,15-20H2. The number of hydrogen-bond donors (Lipinski definition) is 0. The van der Waals surface area contributed by atoms with Gasteiger partial charge >= 0.3 is 0 Å². The van der Waals surface area contributed by atoms with Gasteiger partial charge < -0.3 is 4.90 Å². The predicted octanol–water partition coefficient (Wildman–Crippen LogP) is 5.16. The predicted molar refractivity (Wildman–Crippen MR) is 131 cm³/mol. The quantitative estimate of drug-likeness (QED) is 0.415. The Morgan fingerprint density at radius 2 is 1.41 bits per heavy atom. The van der Waals surface area contributed by atoms with E-state index in [-0.39, 0.29) is 11.8 Å². The molecule has 0 aliphatic carbocycles. The summed E-state index contributed by atoms with van der Waals surface area (Å²) in [7, 11) is 0. The Balaban J connectivity index is 1.21. The molecule has 1 fully saturated rings. The zero-order chi connectivity index (χ0) is 21.8. The number of thiazole rings is 1. The molecule has 1 aliphatic rings. The van der Waals surface area contributed by atoms with Gasteiger partial charge in [-0.25, -0.2) is 4.98 Å². The third-order valence-electron chi connectivity index (χ3n) is 6.20. The van der Waals surface area contributed by atoms with Gasteiger partial charge in [0.2, 0.25) is 5.91 Å². The van der Waals surface area contributed by atoms with E-state index in [0.717, 1.165) is 43.2 Å². The van der Waals surface area contributed by atoms with Crippen molar-refractivity contribution < 1.29 is 4.79 Å². The van der Waals surface area contributed by atoms with Crippen LogP contribution in [-0.4, -0.2) is 46.9 Å². The summed E-state index contributed by atoms with van der Waals surface area (Å²) in [6.45, 7) is 4.20. The van der Waals surface area contributed by atoms with Crippen LogP contribution in [-0.2, 0) is 11.3 Å². The van der Waals surface area contributed by atoms with E-state index < -0.39 is 0 Å². The molecule has 0 atom stereocenters. The van der Waals surface area contributed by atoms with E-state index in [1.807, 2.05) is 23.1 Å². The van der Waals surface area contributed by atoms with Crippen molar-refractivity contribution in [2.75, 3.05) is 26.2 Å². The van der Waals surface area contributed by atoms with Crippen LogP contribution in [0.3, 0.4) is 0 Å². The highest BCUT2D eigenvalue weighted by atomic mass is 32.1. The molecule has 1 amide bonds. The molecule has 1 aromatic heterocycles. The van der Waals surface area contributed by atoms with E-state index in [1.165, 1.54) is 15.8 Å². The van der Waals surface area contributed by atoms with Crippen LogP contribution in [0, 0.1) is 0 Å². The third kappa shape index (κ3) is 4.74. The Bertz CT molecular complexity index is 1090. The fourth-order valence-electron chi connectivity index (χ4n) is 4.44. The summed E-state index contributed by atoms with van der Waals surface area (Å²) >= 11 is 1.77. The first-order valence-electron chi connectivity index (χ1n) is 11.2. The zero-order valence-electron chi connectivity index (χ0n) is 18.1. The average molecular weight is 442 g/mol. The van der Waals surface area contributed by atoms with Crippen LogP contribution in [0.25, 0.3) is 10.2 Å². The number of benzene rings is 3. The lowest BCUT2D eigenvalue weighted by Crippen LogP contribution is -2.48. The summed E-state index contributed by atoms with van der Waals surface area (Å²) in [6, 6.07) is 29.1. The van der Waals surface area contributed by atoms with Gasteiger partial charge in [-0.05, 0) is 23.3 Å². The van der Waals surface area contributed by atoms with Gasteiger partial charge in [0.15, 0.2) is 0 Å². The largest absolute Gasteiger partial charge is 0.340 e. The highest BCUT2D eigenvalue weighted by Gasteiger charge is 2.25. The molecule has 4 aromatic rings. The minimum absolute atomic E-state index is 0.0886. The van der Waals surface area contributed by atoms with Crippen molar-refractivity contribution in [3.8, 4) is 0 Å². The topological polar surface area (TPSA) is 36.4 Å². The summed E-state index contributed by atoms with van der Waals surface area (Å²) in [5.41, 5.74) is 3.47. The fourth-order valence-corrected chi connectivity index (χ4v) is 5.45. The Morgan fingerprint density at radius 1 is 0.812 bits per heavy atom. The first-order chi connectivity index (χ1) is 15.8. The lowest BCUT2D eigenvalue weighted by molar-refractivity contribution is -0.133. The number of carbonyl (C=O) groups is 1. The van der Waals surface area contributed by atoms with Crippen molar-refractivity contribution in [1.82, 2.24) is 14.8 Å². The summed E-state index contributed by atoms with van der Waals surface area (Å²) in [4.78, 5) is 22.4. The average Bonchev–Trinajstić information content (AvgIpc) is 3.26. The molecule has 3 aromatic carbocycles. The maximum atomic E-state index is 13.2. The van der Waals surface area contributed by atoms with Gasteiger partial charge in [0.25, 0.3) is 0 Å². The number of amides is 1. The van der Waals surface area contributed by atoms with Gasteiger partial charge in [0, 0.05) is 38.5 Å².